The minimum absolute atomic E-state index is 0.0637. The van der Waals surface area contributed by atoms with Crippen molar-refractivity contribution in [1.29, 1.82) is 0 Å². The number of likely N-dealkylation sites (tertiary alicyclic amines) is 1. The molecule has 3 N–H and O–H groups in total. The number of alkyl carbamates (subject to hydrolysis) is 1. The van der Waals surface area contributed by atoms with E-state index in [0.717, 1.165) is 54.0 Å². The van der Waals surface area contributed by atoms with Gasteiger partial charge in [0.1, 0.15) is 29.5 Å². The van der Waals surface area contributed by atoms with Gasteiger partial charge in [-0.2, -0.15) is 0 Å². The van der Waals surface area contributed by atoms with Crippen molar-refractivity contribution in [3.05, 3.63) is 65.3 Å². The minimum Gasteiger partial charge on any atom is -0.488 e. The van der Waals surface area contributed by atoms with Gasteiger partial charge in [0.05, 0.1) is 6.54 Å². The number of carboxylic acid groups (broad SMARTS) is 1. The van der Waals surface area contributed by atoms with Gasteiger partial charge in [0.2, 0.25) is 5.91 Å². The van der Waals surface area contributed by atoms with Crippen molar-refractivity contribution in [2.75, 3.05) is 6.54 Å². The van der Waals surface area contributed by atoms with Crippen LogP contribution in [-0.4, -0.2) is 63.3 Å². The quantitative estimate of drug-likeness (QED) is 0.293. The molecule has 4 bridgehead atoms. The number of carbonyl (C=O) groups excluding carboxylic acids is 2. The highest BCUT2D eigenvalue weighted by Gasteiger charge is 2.51. The van der Waals surface area contributed by atoms with Gasteiger partial charge in [-0.05, 0) is 98.6 Å². The standard InChI is InChI=1S/C34H38ClN3O6/c1-34(16-23-17-36-28-5-3-2-4-27(23)28,37-33(42)44-30-21-11-19-10-20(13-21)14-22(30)12-19)32(41)38-18-26(15-29(38)31(39)40)43-25-8-6-24(35)7-9-25/h2-9,17,19-22,26,29-30,36H,10-16,18H2,1H3,(H,37,42)(H,39,40)/t19?,20?,21?,22?,26-,29-,30?,34-/m1/s1. The normalized spacial score (nSPS) is 30.2. The Morgan fingerprint density at radius 3 is 2.36 bits per heavy atom. The Morgan fingerprint density at radius 2 is 1.68 bits per heavy atom. The van der Waals surface area contributed by atoms with Gasteiger partial charge >= 0.3 is 12.1 Å². The lowest BCUT2D eigenvalue weighted by Gasteiger charge is -2.53. The lowest BCUT2D eigenvalue weighted by atomic mass is 9.55. The summed E-state index contributed by atoms with van der Waals surface area (Å²) in [6.07, 6.45) is 6.47. The Balaban J connectivity index is 1.14. The Labute approximate surface area is 261 Å². The molecule has 0 radical (unpaired) electrons. The first-order valence-corrected chi connectivity index (χ1v) is 16.0. The highest BCUT2D eigenvalue weighted by atomic mass is 35.5. The molecule has 3 atom stereocenters. The predicted octanol–water partition coefficient (Wildman–Crippen LogP) is 5.81. The van der Waals surface area contributed by atoms with Gasteiger partial charge in [0.25, 0.3) is 0 Å². The largest absolute Gasteiger partial charge is 0.488 e. The molecular formula is C34H38ClN3O6. The summed E-state index contributed by atoms with van der Waals surface area (Å²) in [7, 11) is 0. The molecule has 9 nitrogen and oxygen atoms in total. The zero-order chi connectivity index (χ0) is 30.6. The SMILES string of the molecule is C[C@](Cc1c[nH]c2ccccc12)(NC(=O)OC1C2CC3CC(C2)CC1C3)C(=O)N1C[C@H](Oc2ccc(Cl)cc2)C[C@@H]1C(=O)O. The molecular weight excluding hydrogens is 582 g/mol. The number of fused-ring (bicyclic) bond motifs is 1. The third kappa shape index (κ3) is 5.51. The predicted molar refractivity (Wildman–Crippen MR) is 164 cm³/mol. The third-order valence-corrected chi connectivity index (χ3v) is 10.6. The second kappa shape index (κ2) is 11.3. The number of aromatic nitrogens is 1. The fraction of sp³-hybridized carbons (Fsp3) is 0.500. The number of carbonyl (C=O) groups is 3. The second-order valence-corrected chi connectivity index (χ2v) is 14.0. The van der Waals surface area contributed by atoms with Gasteiger partial charge in [0.15, 0.2) is 0 Å². The van der Waals surface area contributed by atoms with E-state index in [-0.39, 0.29) is 25.5 Å². The molecule has 8 rings (SSSR count). The van der Waals surface area contributed by atoms with Crippen LogP contribution in [0.3, 0.4) is 0 Å². The van der Waals surface area contributed by atoms with Crippen molar-refractivity contribution in [2.45, 2.75) is 75.7 Å². The molecule has 232 valence electrons. The number of nitrogens with one attached hydrogen (secondary N) is 2. The number of H-pyrrole nitrogens is 1. The molecule has 1 aliphatic heterocycles. The van der Waals surface area contributed by atoms with E-state index in [9.17, 15) is 19.5 Å². The summed E-state index contributed by atoms with van der Waals surface area (Å²) in [5.41, 5.74) is 0.275. The van der Waals surface area contributed by atoms with Crippen molar-refractivity contribution < 1.29 is 29.0 Å². The van der Waals surface area contributed by atoms with Gasteiger partial charge < -0.3 is 29.8 Å². The van der Waals surface area contributed by atoms with Crippen LogP contribution < -0.4 is 10.1 Å². The molecule has 3 aromatic rings. The van der Waals surface area contributed by atoms with Crippen molar-refractivity contribution in [2.24, 2.45) is 23.7 Å². The molecule has 5 aliphatic rings. The zero-order valence-corrected chi connectivity index (χ0v) is 25.5. The van der Waals surface area contributed by atoms with Crippen LogP contribution in [0.2, 0.25) is 5.02 Å². The monoisotopic (exact) mass is 619 g/mol. The summed E-state index contributed by atoms with van der Waals surface area (Å²) >= 11 is 6.01. The Kier molecular flexibility index (Phi) is 7.47. The van der Waals surface area contributed by atoms with Crippen LogP contribution in [0.15, 0.2) is 54.7 Å². The fourth-order valence-electron chi connectivity index (χ4n) is 8.64. The molecule has 2 aromatic carbocycles. The molecule has 10 heteroatoms. The number of halogens is 1. The molecule has 44 heavy (non-hydrogen) atoms. The molecule has 5 fully saturated rings. The lowest BCUT2D eigenvalue weighted by Crippen LogP contribution is -2.61. The number of para-hydroxylation sites is 1. The van der Waals surface area contributed by atoms with Crippen molar-refractivity contribution in [3.8, 4) is 5.75 Å². The molecule has 2 heterocycles. The van der Waals surface area contributed by atoms with Gasteiger partial charge in [-0.3, -0.25) is 4.79 Å². The van der Waals surface area contributed by atoms with Crippen LogP contribution in [-0.2, 0) is 20.7 Å². The van der Waals surface area contributed by atoms with Crippen LogP contribution in [0.1, 0.15) is 51.0 Å². The number of nitrogens with zero attached hydrogens (tertiary/aromatic N) is 1. The van der Waals surface area contributed by atoms with Crippen LogP contribution in [0.5, 0.6) is 5.75 Å². The van der Waals surface area contributed by atoms with Gasteiger partial charge in [-0.25, -0.2) is 9.59 Å². The highest BCUT2D eigenvalue weighted by Crippen LogP contribution is 2.54. The van der Waals surface area contributed by atoms with E-state index in [1.807, 2.05) is 30.5 Å². The maximum absolute atomic E-state index is 14.5. The number of ether oxygens (including phenoxy) is 2. The summed E-state index contributed by atoms with van der Waals surface area (Å²) < 4.78 is 12.2. The zero-order valence-electron chi connectivity index (χ0n) is 24.7. The van der Waals surface area contributed by atoms with E-state index in [4.69, 9.17) is 21.1 Å². The van der Waals surface area contributed by atoms with Crippen molar-refractivity contribution in [1.82, 2.24) is 15.2 Å². The lowest BCUT2D eigenvalue weighted by molar-refractivity contribution is -0.151. The number of benzene rings is 2. The van der Waals surface area contributed by atoms with Crippen LogP contribution in [0, 0.1) is 23.7 Å². The van der Waals surface area contributed by atoms with Gasteiger partial charge in [0, 0.05) is 35.0 Å². The van der Waals surface area contributed by atoms with E-state index in [1.165, 1.54) is 11.3 Å². The average molecular weight is 620 g/mol. The Bertz CT molecular complexity index is 1540. The number of carboxylic acids is 1. The molecule has 1 saturated heterocycles. The number of aromatic amines is 1. The smallest absolute Gasteiger partial charge is 0.408 e. The molecule has 0 spiro atoms. The fourth-order valence-corrected chi connectivity index (χ4v) is 8.77. The van der Waals surface area contributed by atoms with Crippen LogP contribution in [0.25, 0.3) is 10.9 Å². The maximum Gasteiger partial charge on any atom is 0.408 e. The molecule has 0 unspecified atom stereocenters. The first-order chi connectivity index (χ1) is 21.1. The summed E-state index contributed by atoms with van der Waals surface area (Å²) in [5.74, 6) is 1.14. The van der Waals surface area contributed by atoms with E-state index in [2.05, 4.69) is 10.3 Å². The first-order valence-electron chi connectivity index (χ1n) is 15.6. The van der Waals surface area contributed by atoms with Crippen LogP contribution in [0.4, 0.5) is 4.79 Å². The maximum atomic E-state index is 14.5. The summed E-state index contributed by atoms with van der Waals surface area (Å²) in [6.45, 7) is 1.73. The summed E-state index contributed by atoms with van der Waals surface area (Å²) in [4.78, 5) is 45.1. The molecule has 1 aromatic heterocycles. The number of aliphatic carboxylic acids is 1. The van der Waals surface area contributed by atoms with Crippen molar-refractivity contribution >= 4 is 40.5 Å². The van der Waals surface area contributed by atoms with Crippen LogP contribution >= 0.6 is 11.6 Å². The molecule has 4 aliphatic carbocycles. The summed E-state index contributed by atoms with van der Waals surface area (Å²) in [6, 6.07) is 13.5. The molecule has 4 saturated carbocycles. The minimum atomic E-state index is -1.48. The topological polar surface area (TPSA) is 121 Å². The highest BCUT2D eigenvalue weighted by molar-refractivity contribution is 6.30. The number of amides is 2. The second-order valence-electron chi connectivity index (χ2n) is 13.5. The summed E-state index contributed by atoms with van der Waals surface area (Å²) in [5, 5.41) is 14.6. The average Bonchev–Trinajstić information content (AvgIpc) is 3.60. The first kappa shape index (κ1) is 29.0. The molecule has 2 amide bonds. The number of hydrogen-bond donors (Lipinski definition) is 3. The van der Waals surface area contributed by atoms with E-state index in [1.54, 1.807) is 31.2 Å². The number of hydrogen-bond acceptors (Lipinski definition) is 5. The van der Waals surface area contributed by atoms with E-state index >= 15 is 0 Å². The van der Waals surface area contributed by atoms with Gasteiger partial charge in [-0.1, -0.05) is 29.8 Å². The van der Waals surface area contributed by atoms with Crippen molar-refractivity contribution in [3.63, 3.8) is 0 Å². The van der Waals surface area contributed by atoms with E-state index < -0.39 is 35.7 Å². The third-order valence-electron chi connectivity index (χ3n) is 10.4. The Morgan fingerprint density at radius 1 is 1.00 bits per heavy atom. The Hall–Kier alpha value is -3.72. The van der Waals surface area contributed by atoms with E-state index in [0.29, 0.717) is 22.6 Å². The number of rotatable bonds is 8. The van der Waals surface area contributed by atoms with Gasteiger partial charge in [-0.15, -0.1) is 0 Å².